The van der Waals surface area contributed by atoms with Crippen LogP contribution in [0.3, 0.4) is 0 Å². The molecule has 2 aliphatic rings. The van der Waals surface area contributed by atoms with Gasteiger partial charge in [0.05, 0.1) is 0 Å². The molecule has 0 saturated carbocycles. The van der Waals surface area contributed by atoms with E-state index in [2.05, 4.69) is 59.3 Å². The third-order valence-electron chi connectivity index (χ3n) is 5.95. The average Bonchev–Trinajstić information content (AvgIpc) is 2.70. The summed E-state index contributed by atoms with van der Waals surface area (Å²) < 4.78 is 0. The van der Waals surface area contributed by atoms with Gasteiger partial charge in [0.2, 0.25) is 0 Å². The highest BCUT2D eigenvalue weighted by Crippen LogP contribution is 2.33. The van der Waals surface area contributed by atoms with E-state index in [1.165, 1.54) is 67.6 Å². The van der Waals surface area contributed by atoms with Crippen molar-refractivity contribution in [3.63, 3.8) is 0 Å². The lowest BCUT2D eigenvalue weighted by molar-refractivity contribution is 0.140. The second kappa shape index (κ2) is 8.22. The number of anilines is 1. The maximum absolute atomic E-state index is 4.92. The molecule has 2 saturated heterocycles. The summed E-state index contributed by atoms with van der Waals surface area (Å²) in [5.41, 5.74) is 4.16. The number of aryl methyl sites for hydroxylation is 1. The van der Waals surface area contributed by atoms with Crippen molar-refractivity contribution in [3.8, 4) is 0 Å². The molecule has 3 nitrogen and oxygen atoms in total. The lowest BCUT2D eigenvalue weighted by atomic mass is 9.94. The Morgan fingerprint density at radius 3 is 2.50 bits per heavy atom. The molecule has 2 fully saturated rings. The first kappa shape index (κ1) is 17.5. The summed E-state index contributed by atoms with van der Waals surface area (Å²) in [7, 11) is 0. The first-order valence-corrected chi connectivity index (χ1v) is 10.3. The Morgan fingerprint density at radius 1 is 0.962 bits per heavy atom. The van der Waals surface area contributed by atoms with Gasteiger partial charge in [0, 0.05) is 31.9 Å². The normalized spacial score (nSPS) is 21.7. The summed E-state index contributed by atoms with van der Waals surface area (Å²) in [6.45, 7) is 6.79. The number of nitrogens with zero attached hydrogens (tertiary/aromatic N) is 3. The van der Waals surface area contributed by atoms with E-state index < -0.39 is 0 Å². The molecule has 0 amide bonds. The van der Waals surface area contributed by atoms with E-state index in [9.17, 15) is 0 Å². The van der Waals surface area contributed by atoms with Crippen LogP contribution in [0.5, 0.6) is 0 Å². The summed E-state index contributed by atoms with van der Waals surface area (Å²) in [6.07, 6.45) is 10.0. The van der Waals surface area contributed by atoms with Gasteiger partial charge in [0.15, 0.2) is 0 Å². The Hall–Kier alpha value is -1.87. The van der Waals surface area contributed by atoms with E-state index >= 15 is 0 Å². The third kappa shape index (κ3) is 3.93. The molecule has 2 aliphatic heterocycles. The lowest BCUT2D eigenvalue weighted by Crippen LogP contribution is -2.33. The number of pyridine rings is 1. The minimum atomic E-state index is 0.505. The molecule has 0 bridgehead atoms. The van der Waals surface area contributed by atoms with E-state index in [1.54, 1.807) is 0 Å². The Labute approximate surface area is 158 Å². The van der Waals surface area contributed by atoms with Crippen LogP contribution in [0.2, 0.25) is 0 Å². The molecule has 1 atom stereocenters. The van der Waals surface area contributed by atoms with Gasteiger partial charge < -0.3 is 4.90 Å². The highest BCUT2D eigenvalue weighted by atomic mass is 15.2. The van der Waals surface area contributed by atoms with Crippen molar-refractivity contribution in [3.05, 3.63) is 59.3 Å². The minimum Gasteiger partial charge on any atom is -0.356 e. The van der Waals surface area contributed by atoms with Gasteiger partial charge in [-0.25, -0.2) is 4.98 Å². The fraction of sp³-hybridized carbons (Fsp3) is 0.522. The Balaban J connectivity index is 1.53. The molecule has 0 spiro atoms. The molecule has 0 radical (unpaired) electrons. The van der Waals surface area contributed by atoms with Crippen molar-refractivity contribution in [2.75, 3.05) is 24.5 Å². The molecule has 3 heteroatoms. The van der Waals surface area contributed by atoms with Gasteiger partial charge in [-0.1, -0.05) is 36.8 Å². The van der Waals surface area contributed by atoms with E-state index in [0.717, 1.165) is 19.6 Å². The van der Waals surface area contributed by atoms with Crippen LogP contribution in [0.1, 0.15) is 61.3 Å². The Bertz CT molecular complexity index is 707. The van der Waals surface area contributed by atoms with Crippen LogP contribution in [-0.4, -0.2) is 29.5 Å². The molecule has 1 aromatic carbocycles. The maximum atomic E-state index is 4.92. The van der Waals surface area contributed by atoms with Crippen LogP contribution < -0.4 is 4.90 Å². The topological polar surface area (TPSA) is 19.4 Å². The number of rotatable bonds is 4. The number of aromatic nitrogens is 1. The number of benzene rings is 1. The molecule has 26 heavy (non-hydrogen) atoms. The van der Waals surface area contributed by atoms with Gasteiger partial charge in [-0.3, -0.25) is 4.90 Å². The molecule has 2 aromatic rings. The van der Waals surface area contributed by atoms with Crippen molar-refractivity contribution >= 4 is 5.82 Å². The quantitative estimate of drug-likeness (QED) is 0.765. The second-order valence-electron chi connectivity index (χ2n) is 7.92. The molecular formula is C23H31N3. The zero-order chi connectivity index (χ0) is 17.8. The minimum absolute atomic E-state index is 0.505. The van der Waals surface area contributed by atoms with E-state index in [-0.39, 0.29) is 0 Å². The van der Waals surface area contributed by atoms with Crippen molar-refractivity contribution in [2.45, 2.75) is 58.0 Å². The van der Waals surface area contributed by atoms with Gasteiger partial charge in [-0.05, 0) is 68.3 Å². The third-order valence-corrected chi connectivity index (χ3v) is 5.95. The SMILES string of the molecule is Cc1cc(C2CCCCN2Cc2ccccc2)cnc1N1CCCCC1. The molecular weight excluding hydrogens is 318 g/mol. The first-order chi connectivity index (χ1) is 12.8. The van der Waals surface area contributed by atoms with E-state index in [0.29, 0.717) is 6.04 Å². The van der Waals surface area contributed by atoms with Crippen LogP contribution in [0.4, 0.5) is 5.82 Å². The predicted molar refractivity (Wildman–Crippen MR) is 108 cm³/mol. The van der Waals surface area contributed by atoms with Gasteiger partial charge in [-0.2, -0.15) is 0 Å². The fourth-order valence-electron chi connectivity index (χ4n) is 4.58. The maximum Gasteiger partial charge on any atom is 0.131 e. The van der Waals surface area contributed by atoms with Crippen LogP contribution in [0, 0.1) is 6.92 Å². The van der Waals surface area contributed by atoms with Crippen LogP contribution in [0.25, 0.3) is 0 Å². The number of piperidine rings is 2. The smallest absolute Gasteiger partial charge is 0.131 e. The molecule has 4 rings (SSSR count). The molecule has 0 aliphatic carbocycles. The Morgan fingerprint density at radius 2 is 1.73 bits per heavy atom. The Kier molecular flexibility index (Phi) is 5.54. The van der Waals surface area contributed by atoms with Crippen molar-refractivity contribution in [2.24, 2.45) is 0 Å². The zero-order valence-electron chi connectivity index (χ0n) is 16.0. The van der Waals surface area contributed by atoms with Crippen molar-refractivity contribution in [1.82, 2.24) is 9.88 Å². The summed E-state index contributed by atoms with van der Waals surface area (Å²) in [5, 5.41) is 0. The molecule has 138 valence electrons. The van der Waals surface area contributed by atoms with Crippen molar-refractivity contribution in [1.29, 1.82) is 0 Å². The van der Waals surface area contributed by atoms with E-state index in [4.69, 9.17) is 4.98 Å². The van der Waals surface area contributed by atoms with Gasteiger partial charge in [0.1, 0.15) is 5.82 Å². The molecule has 1 aromatic heterocycles. The van der Waals surface area contributed by atoms with Crippen LogP contribution in [0.15, 0.2) is 42.6 Å². The van der Waals surface area contributed by atoms with Crippen LogP contribution in [-0.2, 0) is 6.54 Å². The number of hydrogen-bond acceptors (Lipinski definition) is 3. The first-order valence-electron chi connectivity index (χ1n) is 10.3. The van der Waals surface area contributed by atoms with Gasteiger partial charge in [0.25, 0.3) is 0 Å². The monoisotopic (exact) mass is 349 g/mol. The number of likely N-dealkylation sites (tertiary alicyclic amines) is 1. The largest absolute Gasteiger partial charge is 0.356 e. The summed E-state index contributed by atoms with van der Waals surface area (Å²) in [4.78, 5) is 10.0. The van der Waals surface area contributed by atoms with Gasteiger partial charge >= 0.3 is 0 Å². The number of hydrogen-bond donors (Lipinski definition) is 0. The average molecular weight is 350 g/mol. The van der Waals surface area contributed by atoms with Crippen LogP contribution >= 0.6 is 0 Å². The summed E-state index contributed by atoms with van der Waals surface area (Å²) in [6, 6.07) is 13.8. The molecule has 0 N–H and O–H groups in total. The highest BCUT2D eigenvalue weighted by molar-refractivity contribution is 5.48. The standard InChI is InChI=1S/C23H31N3/c1-19-16-21(17-24-23(19)25-13-7-3-8-14-25)22-12-6-9-15-26(22)18-20-10-4-2-5-11-20/h2,4-5,10-11,16-17,22H,3,6-9,12-15,18H2,1H3. The second-order valence-corrected chi connectivity index (χ2v) is 7.92. The van der Waals surface area contributed by atoms with Crippen molar-refractivity contribution < 1.29 is 0 Å². The summed E-state index contributed by atoms with van der Waals surface area (Å²) in [5.74, 6) is 1.21. The molecule has 3 heterocycles. The highest BCUT2D eigenvalue weighted by Gasteiger charge is 2.25. The molecule has 1 unspecified atom stereocenters. The van der Waals surface area contributed by atoms with E-state index in [1.807, 2.05) is 0 Å². The zero-order valence-corrected chi connectivity index (χ0v) is 16.0. The lowest BCUT2D eigenvalue weighted by Gasteiger charge is -2.36. The summed E-state index contributed by atoms with van der Waals surface area (Å²) >= 11 is 0. The predicted octanol–water partition coefficient (Wildman–Crippen LogP) is 5.11. The fourth-order valence-corrected chi connectivity index (χ4v) is 4.58. The van der Waals surface area contributed by atoms with Gasteiger partial charge in [-0.15, -0.1) is 0 Å².